The van der Waals surface area contributed by atoms with E-state index in [1.165, 1.54) is 6.07 Å². The van der Waals surface area contributed by atoms with Crippen LogP contribution in [0.4, 0.5) is 4.79 Å². The van der Waals surface area contributed by atoms with Crippen molar-refractivity contribution in [3.63, 3.8) is 0 Å². The Hall–Kier alpha value is -3.16. The Morgan fingerprint density at radius 3 is 2.83 bits per heavy atom. The SMILES string of the molecule is COc1ccc2nc(C(=O)OCC(=O)N3CCNC3=O)ccc2c1. The number of fused-ring (bicyclic) bond motifs is 1. The molecule has 0 bridgehead atoms. The van der Waals surface area contributed by atoms with E-state index in [0.29, 0.717) is 17.8 Å². The number of carbonyl (C=O) groups excluding carboxylic acids is 3. The molecule has 0 spiro atoms. The number of urea groups is 1. The summed E-state index contributed by atoms with van der Waals surface area (Å²) in [6.07, 6.45) is 0. The molecule has 0 aliphatic carbocycles. The van der Waals surface area contributed by atoms with Gasteiger partial charge in [0.15, 0.2) is 6.61 Å². The highest BCUT2D eigenvalue weighted by molar-refractivity contribution is 5.98. The van der Waals surface area contributed by atoms with Crippen molar-refractivity contribution >= 4 is 28.8 Å². The maximum Gasteiger partial charge on any atom is 0.357 e. The Bertz CT molecular complexity index is 820. The molecule has 1 aliphatic rings. The molecular weight excluding hydrogens is 314 g/mol. The zero-order valence-corrected chi connectivity index (χ0v) is 12.9. The van der Waals surface area contributed by atoms with Crippen LogP contribution in [0.3, 0.4) is 0 Å². The predicted octanol–water partition coefficient (Wildman–Crippen LogP) is 0.952. The van der Waals surface area contributed by atoms with Crippen LogP contribution in [-0.4, -0.2) is 54.6 Å². The topological polar surface area (TPSA) is 97.8 Å². The number of carbonyl (C=O) groups is 3. The van der Waals surface area contributed by atoms with Crippen molar-refractivity contribution in [2.45, 2.75) is 0 Å². The fraction of sp³-hybridized carbons (Fsp3) is 0.250. The average Bonchev–Trinajstić information content (AvgIpc) is 3.04. The van der Waals surface area contributed by atoms with Crippen molar-refractivity contribution in [3.05, 3.63) is 36.0 Å². The zero-order chi connectivity index (χ0) is 17.1. The Morgan fingerprint density at radius 1 is 1.29 bits per heavy atom. The van der Waals surface area contributed by atoms with Gasteiger partial charge in [0.1, 0.15) is 11.4 Å². The Morgan fingerprint density at radius 2 is 2.12 bits per heavy atom. The third kappa shape index (κ3) is 3.12. The largest absolute Gasteiger partial charge is 0.497 e. The molecule has 3 amide bonds. The van der Waals surface area contributed by atoms with Gasteiger partial charge in [0, 0.05) is 18.5 Å². The van der Waals surface area contributed by atoms with Crippen LogP contribution < -0.4 is 10.1 Å². The minimum Gasteiger partial charge on any atom is -0.497 e. The number of amides is 3. The summed E-state index contributed by atoms with van der Waals surface area (Å²) in [6, 6.07) is 8.01. The molecule has 0 atom stereocenters. The fourth-order valence-corrected chi connectivity index (χ4v) is 2.33. The minimum absolute atomic E-state index is 0.0892. The molecule has 24 heavy (non-hydrogen) atoms. The number of ether oxygens (including phenoxy) is 2. The normalized spacial score (nSPS) is 13.7. The van der Waals surface area contributed by atoms with Crippen molar-refractivity contribution in [2.24, 2.45) is 0 Å². The molecule has 3 rings (SSSR count). The van der Waals surface area contributed by atoms with Gasteiger partial charge in [0.25, 0.3) is 5.91 Å². The van der Waals surface area contributed by atoms with Gasteiger partial charge in [0.05, 0.1) is 12.6 Å². The van der Waals surface area contributed by atoms with Gasteiger partial charge in [-0.3, -0.25) is 9.69 Å². The minimum atomic E-state index is -0.722. The van der Waals surface area contributed by atoms with Crippen LogP contribution in [0.5, 0.6) is 5.75 Å². The first kappa shape index (κ1) is 15.7. The number of pyridine rings is 1. The summed E-state index contributed by atoms with van der Waals surface area (Å²) in [6.45, 7) is 0.161. The van der Waals surface area contributed by atoms with Crippen LogP contribution in [0, 0.1) is 0 Å². The molecule has 0 unspecified atom stereocenters. The van der Waals surface area contributed by atoms with Gasteiger partial charge in [-0.1, -0.05) is 6.07 Å². The molecule has 1 saturated heterocycles. The predicted molar refractivity (Wildman–Crippen MR) is 83.7 cm³/mol. The van der Waals surface area contributed by atoms with E-state index < -0.39 is 24.5 Å². The summed E-state index contributed by atoms with van der Waals surface area (Å²) in [4.78, 5) is 40.4. The molecule has 2 aromatic rings. The van der Waals surface area contributed by atoms with Gasteiger partial charge in [-0.25, -0.2) is 14.6 Å². The molecule has 124 valence electrons. The van der Waals surface area contributed by atoms with E-state index in [-0.39, 0.29) is 12.2 Å². The summed E-state index contributed by atoms with van der Waals surface area (Å²) in [5.41, 5.74) is 0.696. The second kappa shape index (κ2) is 6.53. The van der Waals surface area contributed by atoms with Gasteiger partial charge in [-0.05, 0) is 24.3 Å². The monoisotopic (exact) mass is 329 g/mol. The number of nitrogens with zero attached hydrogens (tertiary/aromatic N) is 2. The van der Waals surface area contributed by atoms with E-state index in [9.17, 15) is 14.4 Å². The highest BCUT2D eigenvalue weighted by Crippen LogP contribution is 2.19. The van der Waals surface area contributed by atoms with Crippen molar-refractivity contribution in [3.8, 4) is 5.75 Å². The number of rotatable bonds is 4. The van der Waals surface area contributed by atoms with E-state index in [0.717, 1.165) is 10.3 Å². The molecule has 0 radical (unpaired) electrons. The molecule has 1 aromatic heterocycles. The van der Waals surface area contributed by atoms with Crippen LogP contribution in [0.15, 0.2) is 30.3 Å². The summed E-state index contributed by atoms with van der Waals surface area (Å²) in [7, 11) is 1.57. The van der Waals surface area contributed by atoms with Crippen molar-refractivity contribution in [2.75, 3.05) is 26.8 Å². The second-order valence-electron chi connectivity index (χ2n) is 5.11. The number of benzene rings is 1. The molecule has 2 heterocycles. The number of methoxy groups -OCH3 is 1. The maximum atomic E-state index is 12.0. The fourth-order valence-electron chi connectivity index (χ4n) is 2.33. The van der Waals surface area contributed by atoms with Gasteiger partial charge in [-0.15, -0.1) is 0 Å². The molecule has 8 nitrogen and oxygen atoms in total. The number of esters is 1. The van der Waals surface area contributed by atoms with Crippen LogP contribution in [0.1, 0.15) is 10.5 Å². The molecule has 8 heteroatoms. The Kier molecular flexibility index (Phi) is 4.28. The van der Waals surface area contributed by atoms with E-state index in [1.54, 1.807) is 31.4 Å². The molecule has 1 aromatic carbocycles. The first-order valence-corrected chi connectivity index (χ1v) is 7.28. The van der Waals surface area contributed by atoms with Gasteiger partial charge < -0.3 is 14.8 Å². The Balaban J connectivity index is 1.67. The molecule has 1 N–H and O–H groups in total. The van der Waals surface area contributed by atoms with Gasteiger partial charge >= 0.3 is 12.0 Å². The lowest BCUT2D eigenvalue weighted by atomic mass is 10.2. The first-order chi connectivity index (χ1) is 11.6. The molecule has 1 fully saturated rings. The molecule has 0 saturated carbocycles. The second-order valence-corrected chi connectivity index (χ2v) is 5.11. The van der Waals surface area contributed by atoms with Gasteiger partial charge in [0.2, 0.25) is 0 Å². The highest BCUT2D eigenvalue weighted by Gasteiger charge is 2.27. The summed E-state index contributed by atoms with van der Waals surface area (Å²) >= 11 is 0. The van der Waals surface area contributed by atoms with Gasteiger partial charge in [-0.2, -0.15) is 0 Å². The summed E-state index contributed by atoms with van der Waals surface area (Å²) in [5.74, 6) is -0.598. The van der Waals surface area contributed by atoms with Crippen molar-refractivity contribution in [1.29, 1.82) is 0 Å². The number of aromatic nitrogens is 1. The number of hydrogen-bond donors (Lipinski definition) is 1. The van der Waals surface area contributed by atoms with E-state index >= 15 is 0 Å². The zero-order valence-electron chi connectivity index (χ0n) is 12.9. The molecular formula is C16H15N3O5. The lowest BCUT2D eigenvalue weighted by Gasteiger charge is -2.12. The standard InChI is InChI=1S/C16H15N3O5/c1-23-11-3-5-12-10(8-11)2-4-13(18-12)15(21)24-9-14(20)19-7-6-17-16(19)22/h2-5,8H,6-7,9H2,1H3,(H,17,22). The van der Waals surface area contributed by atoms with E-state index in [2.05, 4.69) is 10.3 Å². The summed E-state index contributed by atoms with van der Waals surface area (Å²) in [5, 5.41) is 3.32. The smallest absolute Gasteiger partial charge is 0.357 e. The van der Waals surface area contributed by atoms with Crippen LogP contribution >= 0.6 is 0 Å². The highest BCUT2D eigenvalue weighted by atomic mass is 16.5. The Labute approximate surface area is 137 Å². The van der Waals surface area contributed by atoms with Crippen LogP contribution in [0.25, 0.3) is 10.9 Å². The number of imide groups is 1. The third-order valence-corrected chi connectivity index (χ3v) is 3.59. The first-order valence-electron chi connectivity index (χ1n) is 7.28. The number of nitrogens with one attached hydrogen (secondary N) is 1. The maximum absolute atomic E-state index is 12.0. The van der Waals surface area contributed by atoms with Crippen molar-refractivity contribution < 1.29 is 23.9 Å². The summed E-state index contributed by atoms with van der Waals surface area (Å²) < 4.78 is 10.1. The van der Waals surface area contributed by atoms with E-state index in [1.807, 2.05) is 0 Å². The quantitative estimate of drug-likeness (QED) is 0.839. The number of hydrogen-bond acceptors (Lipinski definition) is 6. The molecule has 1 aliphatic heterocycles. The third-order valence-electron chi connectivity index (χ3n) is 3.59. The lowest BCUT2D eigenvalue weighted by Crippen LogP contribution is -2.37. The van der Waals surface area contributed by atoms with Crippen LogP contribution in [0.2, 0.25) is 0 Å². The van der Waals surface area contributed by atoms with E-state index in [4.69, 9.17) is 9.47 Å². The van der Waals surface area contributed by atoms with Crippen molar-refractivity contribution in [1.82, 2.24) is 15.2 Å². The average molecular weight is 329 g/mol. The van der Waals surface area contributed by atoms with Crippen LogP contribution in [-0.2, 0) is 9.53 Å². The lowest BCUT2D eigenvalue weighted by molar-refractivity contribution is -0.130.